The minimum absolute atomic E-state index is 0.0795. The molecule has 76 heavy (non-hydrogen) atoms. The minimum atomic E-state index is -0.417. The summed E-state index contributed by atoms with van der Waals surface area (Å²) in [6, 6.07) is 34.5. The fraction of sp³-hybridized carbons (Fsp3) is 0.424. The van der Waals surface area contributed by atoms with Crippen molar-refractivity contribution in [2.45, 2.75) is 160 Å². The van der Waals surface area contributed by atoms with Crippen LogP contribution in [-0.2, 0) is 52.6 Å². The largest absolute Gasteiger partial charge is 0.486 e. The van der Waals surface area contributed by atoms with E-state index in [-0.39, 0.29) is 48.4 Å². The van der Waals surface area contributed by atoms with Crippen LogP contribution in [0.4, 0.5) is 0 Å². The molecule has 2 heterocycles. The molecule has 10 heteroatoms. The molecule has 0 aliphatic rings. The molecule has 404 valence electrons. The molecule has 0 amide bonds. The summed E-state index contributed by atoms with van der Waals surface area (Å²) in [5, 5.41) is 0. The molecule has 0 aliphatic heterocycles. The second kappa shape index (κ2) is 27.7. The van der Waals surface area contributed by atoms with Crippen molar-refractivity contribution >= 4 is 24.2 Å². The molecule has 0 fully saturated rings. The highest BCUT2D eigenvalue weighted by atomic mass is 16.5. The molecule has 0 saturated heterocycles. The molecule has 0 atom stereocenters. The van der Waals surface area contributed by atoms with Crippen molar-refractivity contribution in [1.82, 2.24) is 9.97 Å². The van der Waals surface area contributed by atoms with Crippen LogP contribution in [0.2, 0.25) is 0 Å². The number of benzene rings is 4. The fourth-order valence-corrected chi connectivity index (χ4v) is 9.72. The molecule has 0 N–H and O–H groups in total. The van der Waals surface area contributed by atoms with Crippen LogP contribution in [0, 0.1) is 38.5 Å². The molecule has 10 nitrogen and oxygen atoms in total. The molecular weight excluding hydrogens is 949 g/mol. The smallest absolute Gasteiger partial charge is 0.373 e. The summed E-state index contributed by atoms with van der Waals surface area (Å²) in [6.45, 7) is 32.0. The van der Waals surface area contributed by atoms with Gasteiger partial charge >= 0.3 is 6.15 Å². The predicted molar refractivity (Wildman–Crippen MR) is 304 cm³/mol. The van der Waals surface area contributed by atoms with Gasteiger partial charge in [0.25, 0.3) is 6.47 Å². The Morgan fingerprint density at radius 1 is 0.513 bits per heavy atom. The molecule has 0 radical (unpaired) electrons. The van der Waals surface area contributed by atoms with Gasteiger partial charge < -0.3 is 14.2 Å². The van der Waals surface area contributed by atoms with Gasteiger partial charge in [-0.2, -0.15) is 9.59 Å². The lowest BCUT2D eigenvalue weighted by Gasteiger charge is -2.34. The first kappa shape index (κ1) is 61.5. The number of Topliss-reactive ketones (excluding diaryl/α,β-unsaturated/α-hetero) is 2. The summed E-state index contributed by atoms with van der Waals surface area (Å²) < 4.78 is 16.6. The standard InChI is InChI=1S/C33H43NO2.C32H39NO4.CO2/c1-9-12-25-13-17-29(34-21-25)28-16-14-26(19-23(28)4)33(10-2,11-3)27-15-18-30(24(5)20-27)36-22-31(35)32(6,7)8;1-8-32(9-2,26-12-15-29(23(4)17-26)37-20-30(35)31(5,6)7)25-11-13-27(22(3)16-25)28-14-10-24(18-33-28)19-36-21-34;2-1-3/h13-21H,9-12,22H2,1-8H3;10-18,21H,8-9,19-20H2,1-7H3;. The molecule has 0 aliphatic carbocycles. The van der Waals surface area contributed by atoms with Crippen LogP contribution in [0.15, 0.2) is 109 Å². The molecule has 0 saturated carbocycles. The van der Waals surface area contributed by atoms with E-state index in [0.29, 0.717) is 6.47 Å². The Labute approximate surface area is 453 Å². The maximum absolute atomic E-state index is 12.3. The Balaban J connectivity index is 0.000000312. The number of aromatic nitrogens is 2. The zero-order chi connectivity index (χ0) is 56.4. The topological polar surface area (TPSA) is 139 Å². The summed E-state index contributed by atoms with van der Waals surface area (Å²) in [6.07, 6.45) is 10.1. The van der Waals surface area contributed by atoms with E-state index < -0.39 is 10.8 Å². The van der Waals surface area contributed by atoms with Crippen LogP contribution in [0.5, 0.6) is 11.5 Å². The fourth-order valence-electron chi connectivity index (χ4n) is 9.72. The number of carbonyl (C=O) groups excluding carboxylic acids is 5. The summed E-state index contributed by atoms with van der Waals surface area (Å²) in [4.78, 5) is 60.7. The van der Waals surface area contributed by atoms with E-state index in [9.17, 15) is 14.4 Å². The second-order valence-corrected chi connectivity index (χ2v) is 21.9. The molecule has 0 spiro atoms. The van der Waals surface area contributed by atoms with Gasteiger partial charge in [-0.25, -0.2) is 0 Å². The molecule has 6 rings (SSSR count). The van der Waals surface area contributed by atoms with Gasteiger partial charge in [-0.1, -0.05) is 155 Å². The summed E-state index contributed by atoms with van der Waals surface area (Å²) >= 11 is 0. The van der Waals surface area contributed by atoms with Gasteiger partial charge in [0.2, 0.25) is 0 Å². The first-order chi connectivity index (χ1) is 36.0. The van der Waals surface area contributed by atoms with Crippen molar-refractivity contribution < 1.29 is 38.2 Å². The van der Waals surface area contributed by atoms with Gasteiger partial charge in [-0.15, -0.1) is 0 Å². The Hall–Kier alpha value is -7.03. The lowest BCUT2D eigenvalue weighted by Crippen LogP contribution is -2.27. The summed E-state index contributed by atoms with van der Waals surface area (Å²) in [7, 11) is 0. The third-order valence-corrected chi connectivity index (χ3v) is 14.9. The molecule has 0 unspecified atom stereocenters. The van der Waals surface area contributed by atoms with Crippen molar-refractivity contribution in [2.24, 2.45) is 10.8 Å². The monoisotopic (exact) mass is 1030 g/mol. The highest BCUT2D eigenvalue weighted by Gasteiger charge is 2.33. The van der Waals surface area contributed by atoms with Crippen LogP contribution >= 0.6 is 0 Å². The normalized spacial score (nSPS) is 11.5. The van der Waals surface area contributed by atoms with Gasteiger partial charge in [0.15, 0.2) is 11.6 Å². The third-order valence-electron chi connectivity index (χ3n) is 14.9. The summed E-state index contributed by atoms with van der Waals surface area (Å²) in [5.41, 5.74) is 14.9. The Bertz CT molecular complexity index is 2910. The number of aryl methyl sites for hydroxylation is 5. The highest BCUT2D eigenvalue weighted by molar-refractivity contribution is 5.85. The van der Waals surface area contributed by atoms with Crippen LogP contribution in [0.25, 0.3) is 22.5 Å². The van der Waals surface area contributed by atoms with Crippen LogP contribution in [0.3, 0.4) is 0 Å². The average molecular weight is 1030 g/mol. The van der Waals surface area contributed by atoms with E-state index in [2.05, 4.69) is 133 Å². The summed E-state index contributed by atoms with van der Waals surface area (Å²) in [5.74, 6) is 1.72. The number of carbonyl (C=O) groups is 3. The maximum Gasteiger partial charge on any atom is 0.373 e. The van der Waals surface area contributed by atoms with Gasteiger partial charge in [0, 0.05) is 50.7 Å². The third kappa shape index (κ3) is 15.3. The minimum Gasteiger partial charge on any atom is -0.486 e. The Kier molecular flexibility index (Phi) is 22.4. The highest BCUT2D eigenvalue weighted by Crippen LogP contribution is 2.43. The van der Waals surface area contributed by atoms with E-state index in [1.807, 2.05) is 78.9 Å². The van der Waals surface area contributed by atoms with Crippen molar-refractivity contribution in [3.63, 3.8) is 0 Å². The van der Waals surface area contributed by atoms with E-state index in [0.717, 1.165) is 89.2 Å². The van der Waals surface area contributed by atoms with E-state index >= 15 is 0 Å². The van der Waals surface area contributed by atoms with E-state index in [1.165, 1.54) is 38.9 Å². The van der Waals surface area contributed by atoms with Gasteiger partial charge in [0.05, 0.1) is 11.4 Å². The lowest BCUT2D eigenvalue weighted by atomic mass is 9.69. The molecule has 0 bridgehead atoms. The number of hydrogen-bond donors (Lipinski definition) is 0. The molecule has 4 aromatic carbocycles. The number of pyridine rings is 2. The molecule has 6 aromatic rings. The van der Waals surface area contributed by atoms with Crippen LogP contribution < -0.4 is 9.47 Å². The van der Waals surface area contributed by atoms with Crippen molar-refractivity contribution in [3.8, 4) is 34.0 Å². The number of hydrogen-bond acceptors (Lipinski definition) is 10. The zero-order valence-corrected chi connectivity index (χ0v) is 48.0. The van der Waals surface area contributed by atoms with Gasteiger partial charge in [-0.05, 0) is 134 Å². The van der Waals surface area contributed by atoms with Crippen LogP contribution in [0.1, 0.15) is 164 Å². The predicted octanol–water partition coefficient (Wildman–Crippen LogP) is 15.0. The van der Waals surface area contributed by atoms with Crippen molar-refractivity contribution in [3.05, 3.63) is 165 Å². The van der Waals surface area contributed by atoms with E-state index in [4.69, 9.17) is 28.8 Å². The number of ether oxygens (including phenoxy) is 3. The average Bonchev–Trinajstić information content (AvgIpc) is 3.39. The van der Waals surface area contributed by atoms with Crippen LogP contribution in [-0.4, -0.2) is 47.4 Å². The van der Waals surface area contributed by atoms with Crippen molar-refractivity contribution in [1.29, 1.82) is 0 Å². The second-order valence-electron chi connectivity index (χ2n) is 21.9. The maximum atomic E-state index is 12.3. The number of ketones is 2. The van der Waals surface area contributed by atoms with E-state index in [1.54, 1.807) is 6.20 Å². The zero-order valence-electron chi connectivity index (χ0n) is 48.0. The first-order valence-corrected chi connectivity index (χ1v) is 26.7. The quantitative estimate of drug-likeness (QED) is 0.0640. The number of rotatable bonds is 21. The lowest BCUT2D eigenvalue weighted by molar-refractivity contribution is -0.191. The van der Waals surface area contributed by atoms with Crippen molar-refractivity contribution in [2.75, 3.05) is 13.2 Å². The molecular formula is C66H82N2O8. The Morgan fingerprint density at radius 2 is 0.868 bits per heavy atom. The van der Waals surface area contributed by atoms with Gasteiger partial charge in [-0.3, -0.25) is 24.4 Å². The van der Waals surface area contributed by atoms with Gasteiger partial charge in [0.1, 0.15) is 31.3 Å². The molecule has 2 aromatic heterocycles. The number of nitrogens with zero attached hydrogens (tertiary/aromatic N) is 2. The SMILES string of the molecule is CCC(CC)(c1ccc(OCC(=O)C(C)(C)C)c(C)c1)c1ccc(-c2ccc(COC=O)cn2)c(C)c1.CCCc1ccc(-c2ccc(C(CC)(CC)c3ccc(OCC(=O)C(C)(C)C)c(C)c3)cc2C)nc1.O=C=O. The Morgan fingerprint density at radius 3 is 1.16 bits per heavy atom. The first-order valence-electron chi connectivity index (χ1n) is 26.7.